The van der Waals surface area contributed by atoms with Crippen molar-refractivity contribution in [3.63, 3.8) is 0 Å². The second-order valence-corrected chi connectivity index (χ2v) is 5.60. The third-order valence-corrected chi connectivity index (χ3v) is 3.91. The summed E-state index contributed by atoms with van der Waals surface area (Å²) in [6, 6.07) is -1.60. The predicted octanol–water partition coefficient (Wildman–Crippen LogP) is 2.22. The maximum atomic E-state index is 13.0. The molecule has 1 aliphatic carbocycles. The summed E-state index contributed by atoms with van der Waals surface area (Å²) in [4.78, 5) is 11.8. The van der Waals surface area contributed by atoms with Crippen molar-refractivity contribution < 1.29 is 26.7 Å². The summed E-state index contributed by atoms with van der Waals surface area (Å²) in [6.07, 6.45) is -4.13. The van der Waals surface area contributed by atoms with Gasteiger partial charge in [-0.15, -0.1) is 0 Å². The number of carbonyl (C=O) groups is 1. The predicted molar refractivity (Wildman–Crippen MR) is 61.3 cm³/mol. The summed E-state index contributed by atoms with van der Waals surface area (Å²) in [5.74, 6) is -4.97. The van der Waals surface area contributed by atoms with Gasteiger partial charge in [-0.1, -0.05) is 6.42 Å². The Labute approximate surface area is 113 Å². The minimum Gasteiger partial charge on any atom is -0.352 e. The van der Waals surface area contributed by atoms with Crippen LogP contribution in [0.1, 0.15) is 32.1 Å². The molecule has 0 spiro atoms. The number of halogens is 5. The Morgan fingerprint density at radius 2 is 1.95 bits per heavy atom. The maximum absolute atomic E-state index is 13.0. The highest BCUT2D eigenvalue weighted by Gasteiger charge is 2.45. The Bertz CT molecular complexity index is 371. The molecule has 0 aromatic heterocycles. The Morgan fingerprint density at radius 1 is 1.25 bits per heavy atom. The minimum absolute atomic E-state index is 0.0651. The van der Waals surface area contributed by atoms with Crippen LogP contribution >= 0.6 is 0 Å². The highest BCUT2D eigenvalue weighted by Crippen LogP contribution is 2.37. The van der Waals surface area contributed by atoms with E-state index in [4.69, 9.17) is 0 Å². The zero-order valence-electron chi connectivity index (χ0n) is 10.8. The number of nitrogens with one attached hydrogen (secondary N) is 2. The molecule has 116 valence electrons. The smallest absolute Gasteiger partial charge is 0.352 e. The molecule has 2 aliphatic rings. The molecule has 1 saturated heterocycles. The third kappa shape index (κ3) is 3.80. The average molecular weight is 300 g/mol. The Kier molecular flexibility index (Phi) is 4.22. The van der Waals surface area contributed by atoms with Crippen molar-refractivity contribution >= 4 is 5.91 Å². The average Bonchev–Trinajstić information content (AvgIpc) is 2.69. The van der Waals surface area contributed by atoms with Crippen LogP contribution in [0.5, 0.6) is 0 Å². The van der Waals surface area contributed by atoms with Crippen LogP contribution < -0.4 is 10.6 Å². The van der Waals surface area contributed by atoms with Crippen molar-refractivity contribution in [3.8, 4) is 0 Å². The summed E-state index contributed by atoms with van der Waals surface area (Å²) in [7, 11) is 0. The summed E-state index contributed by atoms with van der Waals surface area (Å²) >= 11 is 0. The van der Waals surface area contributed by atoms with Crippen molar-refractivity contribution in [1.82, 2.24) is 10.6 Å². The molecule has 1 heterocycles. The van der Waals surface area contributed by atoms with E-state index in [-0.39, 0.29) is 12.8 Å². The molecule has 2 fully saturated rings. The Hall–Kier alpha value is -0.920. The highest BCUT2D eigenvalue weighted by molar-refractivity contribution is 5.82. The van der Waals surface area contributed by atoms with Crippen molar-refractivity contribution in [2.75, 3.05) is 6.54 Å². The molecule has 1 aliphatic heterocycles. The van der Waals surface area contributed by atoms with Gasteiger partial charge in [0.25, 0.3) is 5.92 Å². The van der Waals surface area contributed by atoms with Gasteiger partial charge in [-0.05, 0) is 19.3 Å². The van der Waals surface area contributed by atoms with E-state index in [0.29, 0.717) is 12.8 Å². The van der Waals surface area contributed by atoms with Crippen molar-refractivity contribution in [3.05, 3.63) is 0 Å². The van der Waals surface area contributed by atoms with Crippen LogP contribution in [-0.2, 0) is 4.79 Å². The lowest BCUT2D eigenvalue weighted by molar-refractivity contribution is -0.184. The first kappa shape index (κ1) is 15.5. The third-order valence-electron chi connectivity index (χ3n) is 3.91. The van der Waals surface area contributed by atoms with E-state index < -0.39 is 49.0 Å². The fourth-order valence-corrected chi connectivity index (χ4v) is 2.82. The van der Waals surface area contributed by atoms with E-state index in [1.165, 1.54) is 0 Å². The molecule has 0 aromatic carbocycles. The molecule has 1 amide bonds. The molecule has 3 nitrogen and oxygen atoms in total. The highest BCUT2D eigenvalue weighted by atomic mass is 19.4. The topological polar surface area (TPSA) is 41.1 Å². The first-order valence-electron chi connectivity index (χ1n) is 6.66. The largest absolute Gasteiger partial charge is 0.391 e. The fraction of sp³-hybridized carbons (Fsp3) is 0.917. The van der Waals surface area contributed by atoms with Crippen LogP contribution in [0.2, 0.25) is 0 Å². The SMILES string of the molecule is O=C(NC1CCCC(C(F)(F)F)C1)C1CC(F)(F)CN1. The molecule has 0 aromatic rings. The minimum atomic E-state index is -4.26. The van der Waals surface area contributed by atoms with Crippen LogP contribution in [0.3, 0.4) is 0 Å². The van der Waals surface area contributed by atoms with Crippen LogP contribution in [0.4, 0.5) is 22.0 Å². The van der Waals surface area contributed by atoms with Crippen LogP contribution in [0.25, 0.3) is 0 Å². The van der Waals surface area contributed by atoms with Crippen LogP contribution in [0.15, 0.2) is 0 Å². The van der Waals surface area contributed by atoms with E-state index in [1.54, 1.807) is 0 Å². The molecule has 20 heavy (non-hydrogen) atoms. The second-order valence-electron chi connectivity index (χ2n) is 5.60. The van der Waals surface area contributed by atoms with Crippen molar-refractivity contribution in [2.45, 2.75) is 56.3 Å². The van der Waals surface area contributed by atoms with Gasteiger partial charge in [0.15, 0.2) is 0 Å². The molecule has 2 rings (SSSR count). The normalized spacial score (nSPS) is 34.0. The number of carbonyl (C=O) groups excluding carboxylic acids is 1. The summed E-state index contributed by atoms with van der Waals surface area (Å²) in [5.41, 5.74) is 0. The molecule has 1 saturated carbocycles. The van der Waals surface area contributed by atoms with Crippen molar-refractivity contribution in [1.29, 1.82) is 0 Å². The Balaban J connectivity index is 1.85. The van der Waals surface area contributed by atoms with Crippen LogP contribution in [-0.4, -0.2) is 36.6 Å². The number of rotatable bonds is 2. The molecule has 3 unspecified atom stereocenters. The first-order valence-corrected chi connectivity index (χ1v) is 6.66. The molecular weight excluding hydrogens is 283 g/mol. The van der Waals surface area contributed by atoms with Gasteiger partial charge in [-0.25, -0.2) is 8.78 Å². The van der Waals surface area contributed by atoms with E-state index >= 15 is 0 Å². The van der Waals surface area contributed by atoms with Gasteiger partial charge in [-0.2, -0.15) is 13.2 Å². The molecule has 8 heteroatoms. The van der Waals surface area contributed by atoms with E-state index in [2.05, 4.69) is 10.6 Å². The number of hydrogen-bond acceptors (Lipinski definition) is 2. The maximum Gasteiger partial charge on any atom is 0.391 e. The lowest BCUT2D eigenvalue weighted by Gasteiger charge is -2.31. The lowest BCUT2D eigenvalue weighted by atomic mass is 9.85. The molecular formula is C12H17F5N2O. The van der Waals surface area contributed by atoms with Gasteiger partial charge in [0, 0.05) is 12.5 Å². The standard InChI is InChI=1S/C12H17F5N2O/c13-11(14)5-9(18-6-11)10(20)19-8-3-1-2-7(4-8)12(15,16)17/h7-9,18H,1-6H2,(H,19,20). The van der Waals surface area contributed by atoms with E-state index in [1.807, 2.05) is 0 Å². The van der Waals surface area contributed by atoms with E-state index in [0.717, 1.165) is 0 Å². The number of amides is 1. The molecule has 2 N–H and O–H groups in total. The van der Waals surface area contributed by atoms with Gasteiger partial charge in [-0.3, -0.25) is 10.1 Å². The van der Waals surface area contributed by atoms with Crippen molar-refractivity contribution in [2.24, 2.45) is 5.92 Å². The number of hydrogen-bond donors (Lipinski definition) is 2. The van der Waals surface area contributed by atoms with Gasteiger partial charge in [0.1, 0.15) is 0 Å². The monoisotopic (exact) mass is 300 g/mol. The van der Waals surface area contributed by atoms with Gasteiger partial charge < -0.3 is 5.32 Å². The lowest BCUT2D eigenvalue weighted by Crippen LogP contribution is -2.47. The van der Waals surface area contributed by atoms with Gasteiger partial charge >= 0.3 is 6.18 Å². The summed E-state index contributed by atoms with van der Waals surface area (Å²) < 4.78 is 63.8. The quantitative estimate of drug-likeness (QED) is 0.768. The van der Waals surface area contributed by atoms with Crippen LogP contribution in [0, 0.1) is 5.92 Å². The second kappa shape index (κ2) is 5.46. The molecule has 0 radical (unpaired) electrons. The number of alkyl halides is 5. The summed E-state index contributed by atoms with van der Waals surface area (Å²) in [5, 5.41) is 4.86. The Morgan fingerprint density at radius 3 is 2.50 bits per heavy atom. The summed E-state index contributed by atoms with van der Waals surface area (Å²) in [6.45, 7) is -0.569. The zero-order valence-corrected chi connectivity index (χ0v) is 10.8. The fourth-order valence-electron chi connectivity index (χ4n) is 2.82. The molecule has 3 atom stereocenters. The van der Waals surface area contributed by atoms with Gasteiger partial charge in [0.2, 0.25) is 5.91 Å². The van der Waals surface area contributed by atoms with Gasteiger partial charge in [0.05, 0.1) is 18.5 Å². The molecule has 0 bridgehead atoms. The van der Waals surface area contributed by atoms with E-state index in [9.17, 15) is 26.7 Å². The zero-order chi connectivity index (χ0) is 15.0. The first-order chi connectivity index (χ1) is 9.17.